The molecule has 11 nitrogen and oxygen atoms in total. The number of nitrogens with one attached hydrogen (secondary N) is 1. The van der Waals surface area contributed by atoms with E-state index in [9.17, 15) is 9.59 Å². The molecule has 204 valence electrons. The van der Waals surface area contributed by atoms with Crippen LogP contribution >= 0.6 is 0 Å². The minimum Gasteiger partial charge on any atom is -0.369 e. The van der Waals surface area contributed by atoms with E-state index in [1.807, 2.05) is 59.8 Å². The lowest BCUT2D eigenvalue weighted by atomic mass is 10.2. The predicted molar refractivity (Wildman–Crippen MR) is 153 cm³/mol. The second kappa shape index (κ2) is 10.4. The van der Waals surface area contributed by atoms with Crippen molar-refractivity contribution in [2.45, 2.75) is 52.7 Å². The number of nitrogens with zero attached hydrogens (tertiary/aromatic N) is 6. The van der Waals surface area contributed by atoms with Gasteiger partial charge in [-0.25, -0.2) is 15.0 Å². The predicted octanol–water partition coefficient (Wildman–Crippen LogP) is 3.25. The Kier molecular flexibility index (Phi) is 7.00. The Balaban J connectivity index is 1.39. The molecular formula is C28H35N9O2. The number of hydrogen-bond acceptors (Lipinski definition) is 7. The van der Waals surface area contributed by atoms with E-state index < -0.39 is 5.91 Å². The quantitative estimate of drug-likeness (QED) is 0.283. The van der Waals surface area contributed by atoms with Crippen LogP contribution in [-0.2, 0) is 17.9 Å². The Labute approximate surface area is 227 Å². The van der Waals surface area contributed by atoms with Gasteiger partial charge in [-0.3, -0.25) is 14.9 Å². The molecule has 1 unspecified atom stereocenters. The SMILES string of the molecule is CCN1C(C(=O)Nc2nc3cc(C(N)=O)ccc3n2CCCCn2c(N)nc3cccc(C)c32)=CC(C)N1C. The van der Waals surface area contributed by atoms with Gasteiger partial charge in [-0.05, 0) is 69.5 Å². The van der Waals surface area contributed by atoms with E-state index in [2.05, 4.69) is 32.8 Å². The van der Waals surface area contributed by atoms with Crippen LogP contribution in [0.15, 0.2) is 48.2 Å². The summed E-state index contributed by atoms with van der Waals surface area (Å²) in [6, 6.07) is 11.3. The van der Waals surface area contributed by atoms with E-state index in [4.69, 9.17) is 11.5 Å². The lowest BCUT2D eigenvalue weighted by Gasteiger charge is -2.29. The number of nitrogen functional groups attached to an aromatic ring is 1. The van der Waals surface area contributed by atoms with Gasteiger partial charge in [0.05, 0.1) is 22.1 Å². The molecule has 39 heavy (non-hydrogen) atoms. The molecule has 0 radical (unpaired) electrons. The number of amides is 2. The zero-order valence-corrected chi connectivity index (χ0v) is 22.8. The molecule has 0 bridgehead atoms. The molecule has 0 fully saturated rings. The molecule has 0 spiro atoms. The Morgan fingerprint density at radius 1 is 1.05 bits per heavy atom. The summed E-state index contributed by atoms with van der Waals surface area (Å²) in [5.41, 5.74) is 17.2. The summed E-state index contributed by atoms with van der Waals surface area (Å²) in [7, 11) is 1.96. The standard InChI is InChI=1S/C28H35N9O2/c1-5-37-23(15-18(3)34(37)4)26(39)33-28-32-21-16-19(25(29)38)11-12-22(21)35(28)13-6-7-14-36-24-17(2)9-8-10-20(24)31-27(36)30/h8-12,15-16,18H,5-7,13-14H2,1-4H3,(H2,29,38)(H2,30,31)(H,32,33,39). The van der Waals surface area contributed by atoms with Gasteiger partial charge in [0.25, 0.3) is 5.91 Å². The molecule has 1 aliphatic rings. The summed E-state index contributed by atoms with van der Waals surface area (Å²) < 4.78 is 4.04. The number of hydrazine groups is 1. The molecule has 1 atom stereocenters. The highest BCUT2D eigenvalue weighted by Gasteiger charge is 2.30. The van der Waals surface area contributed by atoms with Crippen molar-refractivity contribution in [1.29, 1.82) is 0 Å². The van der Waals surface area contributed by atoms with Crippen LogP contribution in [0.5, 0.6) is 0 Å². The van der Waals surface area contributed by atoms with E-state index >= 15 is 0 Å². The molecule has 0 aliphatic carbocycles. The summed E-state index contributed by atoms with van der Waals surface area (Å²) in [4.78, 5) is 34.3. The van der Waals surface area contributed by atoms with Crippen LogP contribution in [0, 0.1) is 6.92 Å². The van der Waals surface area contributed by atoms with Gasteiger partial charge in [0.2, 0.25) is 17.8 Å². The monoisotopic (exact) mass is 529 g/mol. The number of anilines is 2. The Hall–Kier alpha value is -4.38. The van der Waals surface area contributed by atoms with Gasteiger partial charge >= 0.3 is 0 Å². The van der Waals surface area contributed by atoms with Crippen LogP contribution in [0.4, 0.5) is 11.9 Å². The zero-order chi connectivity index (χ0) is 27.8. The van der Waals surface area contributed by atoms with E-state index in [0.717, 1.165) is 41.5 Å². The summed E-state index contributed by atoms with van der Waals surface area (Å²) in [6.45, 7) is 8.11. The number of aromatic nitrogens is 4. The third kappa shape index (κ3) is 4.81. The number of carbonyl (C=O) groups excluding carboxylic acids is 2. The molecule has 0 saturated heterocycles. The number of primary amides is 1. The minimum absolute atomic E-state index is 0.109. The Morgan fingerprint density at radius 2 is 1.79 bits per heavy atom. The molecule has 0 saturated carbocycles. The largest absolute Gasteiger partial charge is 0.369 e. The zero-order valence-electron chi connectivity index (χ0n) is 22.8. The molecule has 2 aromatic carbocycles. The maximum Gasteiger partial charge on any atom is 0.275 e. The van der Waals surface area contributed by atoms with Crippen LogP contribution in [0.2, 0.25) is 0 Å². The van der Waals surface area contributed by atoms with Crippen molar-refractivity contribution < 1.29 is 9.59 Å². The second-order valence-corrected chi connectivity index (χ2v) is 9.96. The average Bonchev–Trinajstić information content (AvgIpc) is 3.52. The summed E-state index contributed by atoms with van der Waals surface area (Å²) in [6.07, 6.45) is 3.59. The number of aryl methyl sites for hydroxylation is 3. The van der Waals surface area contributed by atoms with Gasteiger partial charge in [0.1, 0.15) is 5.70 Å². The van der Waals surface area contributed by atoms with Crippen LogP contribution in [0.25, 0.3) is 22.1 Å². The van der Waals surface area contributed by atoms with Gasteiger partial charge in [-0.2, -0.15) is 0 Å². The number of fused-ring (bicyclic) bond motifs is 2. The first-order valence-electron chi connectivity index (χ1n) is 13.2. The van der Waals surface area contributed by atoms with Crippen molar-refractivity contribution in [3.05, 3.63) is 59.3 Å². The first-order chi connectivity index (χ1) is 18.7. The van der Waals surface area contributed by atoms with Crippen LogP contribution in [-0.4, -0.2) is 60.6 Å². The fourth-order valence-corrected chi connectivity index (χ4v) is 5.32. The first-order valence-corrected chi connectivity index (χ1v) is 13.2. The number of likely N-dealkylation sites (N-methyl/N-ethyl adjacent to an activating group) is 2. The van der Waals surface area contributed by atoms with Crippen LogP contribution in [0.3, 0.4) is 0 Å². The lowest BCUT2D eigenvalue weighted by Crippen LogP contribution is -2.40. The van der Waals surface area contributed by atoms with Crippen LogP contribution in [0.1, 0.15) is 42.6 Å². The third-order valence-corrected chi connectivity index (χ3v) is 7.45. The number of para-hydroxylation sites is 1. The van der Waals surface area contributed by atoms with E-state index in [1.54, 1.807) is 12.1 Å². The molecular weight excluding hydrogens is 494 g/mol. The summed E-state index contributed by atoms with van der Waals surface area (Å²) in [5, 5.41) is 6.99. The average molecular weight is 530 g/mol. The number of unbranched alkanes of at least 4 members (excludes halogenated alkanes) is 1. The molecule has 2 aromatic heterocycles. The first kappa shape index (κ1) is 26.2. The van der Waals surface area contributed by atoms with Gasteiger partial charge in [-0.15, -0.1) is 0 Å². The maximum atomic E-state index is 13.4. The normalized spacial score (nSPS) is 15.8. The third-order valence-electron chi connectivity index (χ3n) is 7.45. The fraction of sp³-hybridized carbons (Fsp3) is 0.357. The van der Waals surface area contributed by atoms with Gasteiger partial charge in [0.15, 0.2) is 0 Å². The highest BCUT2D eigenvalue weighted by atomic mass is 16.2. The van der Waals surface area contributed by atoms with Crippen molar-refractivity contribution in [1.82, 2.24) is 29.1 Å². The van der Waals surface area contributed by atoms with Crippen molar-refractivity contribution in [2.75, 3.05) is 24.6 Å². The Morgan fingerprint density at radius 3 is 2.51 bits per heavy atom. The topological polar surface area (TPSA) is 140 Å². The number of benzene rings is 2. The number of carbonyl (C=O) groups is 2. The molecule has 5 rings (SSSR count). The van der Waals surface area contributed by atoms with Crippen molar-refractivity contribution in [3.63, 3.8) is 0 Å². The summed E-state index contributed by atoms with van der Waals surface area (Å²) >= 11 is 0. The molecule has 1 aliphatic heterocycles. The van der Waals surface area contributed by atoms with Gasteiger partial charge in [-0.1, -0.05) is 12.1 Å². The molecule has 4 aromatic rings. The van der Waals surface area contributed by atoms with Crippen molar-refractivity contribution >= 4 is 45.8 Å². The van der Waals surface area contributed by atoms with Crippen LogP contribution < -0.4 is 16.8 Å². The Bertz CT molecular complexity index is 1600. The molecule has 5 N–H and O–H groups in total. The summed E-state index contributed by atoms with van der Waals surface area (Å²) in [5.74, 6) is 0.181. The number of imidazole rings is 2. The highest BCUT2D eigenvalue weighted by Crippen LogP contribution is 2.26. The number of hydrogen-bond donors (Lipinski definition) is 3. The molecule has 2 amide bonds. The molecule has 11 heteroatoms. The second-order valence-electron chi connectivity index (χ2n) is 9.96. The smallest absolute Gasteiger partial charge is 0.275 e. The number of rotatable bonds is 9. The minimum atomic E-state index is -0.524. The number of nitrogens with two attached hydrogens (primary N) is 2. The fourth-order valence-electron chi connectivity index (χ4n) is 5.32. The highest BCUT2D eigenvalue weighted by molar-refractivity contribution is 6.04. The van der Waals surface area contributed by atoms with E-state index in [0.29, 0.717) is 41.8 Å². The van der Waals surface area contributed by atoms with E-state index in [-0.39, 0.29) is 11.9 Å². The van der Waals surface area contributed by atoms with Gasteiger partial charge in [0, 0.05) is 38.3 Å². The maximum absolute atomic E-state index is 13.4. The van der Waals surface area contributed by atoms with Crippen molar-refractivity contribution in [3.8, 4) is 0 Å². The molecule has 3 heterocycles. The lowest BCUT2D eigenvalue weighted by molar-refractivity contribution is -0.116. The van der Waals surface area contributed by atoms with E-state index in [1.165, 1.54) is 0 Å². The van der Waals surface area contributed by atoms with Gasteiger partial charge < -0.3 is 25.6 Å². The van der Waals surface area contributed by atoms with Crippen molar-refractivity contribution in [2.24, 2.45) is 5.73 Å².